The lowest BCUT2D eigenvalue weighted by Gasteiger charge is -2.38. The zero-order valence-corrected chi connectivity index (χ0v) is 18.4. The van der Waals surface area contributed by atoms with Crippen molar-refractivity contribution in [1.82, 2.24) is 15.1 Å². The number of nitrogens with one attached hydrogen (secondary N) is 1. The molecule has 3 rings (SSSR count). The van der Waals surface area contributed by atoms with Gasteiger partial charge in [-0.3, -0.25) is 14.5 Å². The highest BCUT2D eigenvalue weighted by Crippen LogP contribution is 2.28. The minimum Gasteiger partial charge on any atom is -0.496 e. The summed E-state index contributed by atoms with van der Waals surface area (Å²) in [4.78, 5) is 28.4. The van der Waals surface area contributed by atoms with Crippen LogP contribution >= 0.6 is 11.6 Å². The molecule has 2 aliphatic rings. The average Bonchev–Trinajstić information content (AvgIpc) is 2.74. The van der Waals surface area contributed by atoms with Gasteiger partial charge in [-0.1, -0.05) is 11.6 Å². The molecule has 0 aromatic heterocycles. The van der Waals surface area contributed by atoms with Gasteiger partial charge in [0.2, 0.25) is 7.85 Å². The summed E-state index contributed by atoms with van der Waals surface area (Å²) in [5.41, 5.74) is 6.50. The highest BCUT2D eigenvalue weighted by Gasteiger charge is 2.26. The van der Waals surface area contributed by atoms with Crippen molar-refractivity contribution in [1.29, 1.82) is 0 Å². The topological polar surface area (TPSA) is 97.1 Å². The van der Waals surface area contributed by atoms with Crippen molar-refractivity contribution in [3.63, 3.8) is 0 Å². The predicted molar refractivity (Wildman–Crippen MR) is 119 cm³/mol. The van der Waals surface area contributed by atoms with Crippen LogP contribution < -0.4 is 15.8 Å². The van der Waals surface area contributed by atoms with Crippen LogP contribution in [0.15, 0.2) is 12.1 Å². The van der Waals surface area contributed by atoms with E-state index in [2.05, 4.69) is 10.2 Å². The van der Waals surface area contributed by atoms with Crippen molar-refractivity contribution in [2.75, 3.05) is 58.7 Å². The van der Waals surface area contributed by atoms with Crippen LogP contribution in [0.2, 0.25) is 5.02 Å². The number of amides is 2. The highest BCUT2D eigenvalue weighted by atomic mass is 35.5. The molecule has 2 aliphatic heterocycles. The minimum atomic E-state index is -0.272. The van der Waals surface area contributed by atoms with Crippen LogP contribution in [0.3, 0.4) is 0 Å². The van der Waals surface area contributed by atoms with E-state index in [0.29, 0.717) is 41.1 Å². The third-order valence-corrected chi connectivity index (χ3v) is 6.18. The van der Waals surface area contributed by atoms with Gasteiger partial charge in [0, 0.05) is 45.3 Å². The van der Waals surface area contributed by atoms with E-state index in [9.17, 15) is 9.59 Å². The third-order valence-electron chi connectivity index (χ3n) is 5.85. The summed E-state index contributed by atoms with van der Waals surface area (Å²) in [6.45, 7) is 5.39. The van der Waals surface area contributed by atoms with Crippen LogP contribution in [0.1, 0.15) is 23.2 Å². The van der Waals surface area contributed by atoms with E-state index in [0.717, 1.165) is 45.6 Å². The zero-order chi connectivity index (χ0) is 21.7. The first kappa shape index (κ1) is 22.7. The number of nitrogen functional groups attached to an aromatic ring is 1. The van der Waals surface area contributed by atoms with Crippen LogP contribution in [0.25, 0.3) is 0 Å². The van der Waals surface area contributed by atoms with Gasteiger partial charge in [-0.05, 0) is 24.8 Å². The number of anilines is 1. The Balaban J connectivity index is 1.48. The Morgan fingerprint density at radius 1 is 1.33 bits per heavy atom. The monoisotopic (exact) mass is 436 g/mol. The number of nitrogens with two attached hydrogens (primary N) is 1. The van der Waals surface area contributed by atoms with E-state index >= 15 is 0 Å². The van der Waals surface area contributed by atoms with Gasteiger partial charge in [-0.15, -0.1) is 0 Å². The SMILES string of the molecule is BC(=O)N1CCC(CN2CCOC(CNC(=O)c3cc(Cl)c(N)cc3OC)C2)CC1. The van der Waals surface area contributed by atoms with Crippen molar-refractivity contribution in [2.24, 2.45) is 5.92 Å². The molecular formula is C20H30BClN4O4. The molecule has 164 valence electrons. The molecule has 0 spiro atoms. The van der Waals surface area contributed by atoms with E-state index in [1.54, 1.807) is 13.9 Å². The molecule has 8 nitrogen and oxygen atoms in total. The lowest BCUT2D eigenvalue weighted by Crippen LogP contribution is -2.49. The molecule has 1 atom stereocenters. The molecule has 2 saturated heterocycles. The maximum atomic E-state index is 12.6. The fraction of sp³-hybridized carbons (Fsp3) is 0.600. The normalized spacial score (nSPS) is 20.7. The Labute approximate surface area is 183 Å². The highest BCUT2D eigenvalue weighted by molar-refractivity contribution is 6.56. The number of hydrogen-bond acceptors (Lipinski definition) is 6. The molecule has 0 aliphatic carbocycles. The average molecular weight is 437 g/mol. The third kappa shape index (κ3) is 5.80. The van der Waals surface area contributed by atoms with E-state index in [1.165, 1.54) is 13.2 Å². The number of benzene rings is 1. The summed E-state index contributed by atoms with van der Waals surface area (Å²) in [6, 6.07) is 3.07. The number of rotatable bonds is 6. The Hall–Kier alpha value is -1.97. The van der Waals surface area contributed by atoms with Crippen molar-refractivity contribution in [2.45, 2.75) is 18.9 Å². The number of piperidine rings is 1. The number of nitrogens with zero attached hydrogens (tertiary/aromatic N) is 2. The van der Waals surface area contributed by atoms with E-state index in [-0.39, 0.29) is 17.8 Å². The molecule has 1 unspecified atom stereocenters. The van der Waals surface area contributed by atoms with Gasteiger partial charge in [0.1, 0.15) is 5.75 Å². The van der Waals surface area contributed by atoms with Gasteiger partial charge >= 0.3 is 0 Å². The van der Waals surface area contributed by atoms with Crippen LogP contribution in [0, 0.1) is 5.92 Å². The van der Waals surface area contributed by atoms with Crippen LogP contribution in [-0.2, 0) is 4.74 Å². The fourth-order valence-electron chi connectivity index (χ4n) is 4.08. The first-order chi connectivity index (χ1) is 14.4. The van der Waals surface area contributed by atoms with Crippen molar-refractivity contribution in [3.8, 4) is 5.75 Å². The van der Waals surface area contributed by atoms with Crippen molar-refractivity contribution in [3.05, 3.63) is 22.7 Å². The molecule has 1 aromatic rings. The summed E-state index contributed by atoms with van der Waals surface area (Å²) >= 11 is 6.06. The Bertz CT molecular complexity index is 773. The number of hydrogen-bond donors (Lipinski definition) is 2. The summed E-state index contributed by atoms with van der Waals surface area (Å²) < 4.78 is 11.1. The van der Waals surface area contributed by atoms with Gasteiger partial charge in [-0.2, -0.15) is 0 Å². The van der Waals surface area contributed by atoms with Gasteiger partial charge in [-0.25, -0.2) is 0 Å². The lowest BCUT2D eigenvalue weighted by molar-refractivity contribution is -0.0329. The van der Waals surface area contributed by atoms with E-state index in [4.69, 9.17) is 26.8 Å². The molecule has 2 fully saturated rings. The summed E-state index contributed by atoms with van der Waals surface area (Å²) in [6.07, 6.45) is 2.00. The maximum absolute atomic E-state index is 12.6. The molecule has 2 amide bonds. The minimum absolute atomic E-state index is 0.0738. The Morgan fingerprint density at radius 2 is 2.07 bits per heavy atom. The second kappa shape index (κ2) is 10.4. The van der Waals surface area contributed by atoms with Gasteiger partial charge in [0.25, 0.3) is 5.91 Å². The standard InChI is InChI=1S/C20H30BClN4O4/c1-29-18-9-17(23)16(22)8-15(18)19(27)24-10-14-12-25(6-7-30-14)11-13-2-4-26(5-3-13)20(21)28/h8-9,13-14H,2-7,10-12,21,23H2,1H3,(H,24,27). The fourth-order valence-corrected chi connectivity index (χ4v) is 4.25. The Morgan fingerprint density at radius 3 is 2.73 bits per heavy atom. The number of carbonyl (C=O) groups is 2. The van der Waals surface area contributed by atoms with Gasteiger partial charge < -0.3 is 25.4 Å². The molecule has 0 radical (unpaired) electrons. The number of carbonyl (C=O) groups excluding carboxylic acids is 2. The first-order valence-electron chi connectivity index (χ1n) is 10.4. The molecule has 3 N–H and O–H groups in total. The van der Waals surface area contributed by atoms with Crippen LogP contribution in [0.4, 0.5) is 10.5 Å². The zero-order valence-electron chi connectivity index (χ0n) is 17.7. The molecule has 1 aromatic carbocycles. The summed E-state index contributed by atoms with van der Waals surface area (Å²) in [7, 11) is 3.12. The number of morpholine rings is 1. The Kier molecular flexibility index (Phi) is 7.85. The molecule has 0 bridgehead atoms. The summed E-state index contributed by atoms with van der Waals surface area (Å²) in [5, 5.41) is 3.23. The van der Waals surface area contributed by atoms with Gasteiger partial charge in [0.05, 0.1) is 36.1 Å². The predicted octanol–water partition coefficient (Wildman–Crippen LogP) is 0.827. The number of likely N-dealkylation sites (tertiary alicyclic amines) is 1. The molecular weight excluding hydrogens is 407 g/mol. The lowest BCUT2D eigenvalue weighted by atomic mass is 9.94. The van der Waals surface area contributed by atoms with Gasteiger partial charge in [0.15, 0.2) is 5.81 Å². The largest absolute Gasteiger partial charge is 0.496 e. The maximum Gasteiger partial charge on any atom is 0.255 e. The van der Waals surface area contributed by atoms with Crippen LogP contribution in [-0.4, -0.2) is 88.4 Å². The van der Waals surface area contributed by atoms with Crippen molar-refractivity contribution >= 4 is 36.8 Å². The van der Waals surface area contributed by atoms with E-state index < -0.39 is 0 Å². The first-order valence-corrected chi connectivity index (χ1v) is 10.8. The molecule has 0 saturated carbocycles. The smallest absolute Gasteiger partial charge is 0.255 e. The number of ether oxygens (including phenoxy) is 2. The second-order valence-corrected chi connectivity index (χ2v) is 8.39. The second-order valence-electron chi connectivity index (χ2n) is 7.99. The van der Waals surface area contributed by atoms with Crippen molar-refractivity contribution < 1.29 is 19.1 Å². The quantitative estimate of drug-likeness (QED) is 0.506. The molecule has 2 heterocycles. The summed E-state index contributed by atoms with van der Waals surface area (Å²) in [5.74, 6) is 0.869. The van der Waals surface area contributed by atoms with E-state index in [1.807, 2.05) is 4.90 Å². The molecule has 30 heavy (non-hydrogen) atoms. The number of methoxy groups -OCH3 is 1. The van der Waals surface area contributed by atoms with Crippen LogP contribution in [0.5, 0.6) is 5.75 Å². The number of halogens is 1. The molecule has 10 heteroatoms.